The number of rotatable bonds is 6. The zero-order valence-corrected chi connectivity index (χ0v) is 15.3. The summed E-state index contributed by atoms with van der Waals surface area (Å²) < 4.78 is 5.20. The van der Waals surface area contributed by atoms with Gasteiger partial charge < -0.3 is 25.0 Å². The number of hydrogen-bond donors (Lipinski definition) is 3. The Morgan fingerprint density at radius 3 is 2.75 bits per heavy atom. The number of anilines is 1. The van der Waals surface area contributed by atoms with Gasteiger partial charge in [0.1, 0.15) is 23.3 Å². The van der Waals surface area contributed by atoms with Crippen LogP contribution in [0.15, 0.2) is 36.7 Å². The van der Waals surface area contributed by atoms with Crippen molar-refractivity contribution < 1.29 is 29.6 Å². The van der Waals surface area contributed by atoms with Crippen LogP contribution >= 0.6 is 0 Å². The van der Waals surface area contributed by atoms with Crippen LogP contribution in [0.25, 0.3) is 0 Å². The highest BCUT2D eigenvalue weighted by atomic mass is 16.5. The molecule has 0 radical (unpaired) electrons. The van der Waals surface area contributed by atoms with E-state index in [4.69, 9.17) is 9.84 Å². The highest BCUT2D eigenvalue weighted by Gasteiger charge is 2.49. The van der Waals surface area contributed by atoms with Crippen molar-refractivity contribution in [2.24, 2.45) is 5.41 Å². The molecule has 1 aromatic heterocycles. The largest absolute Gasteiger partial charge is 0.497 e. The van der Waals surface area contributed by atoms with Gasteiger partial charge in [-0.3, -0.25) is 4.79 Å². The van der Waals surface area contributed by atoms with Crippen molar-refractivity contribution in [3.63, 3.8) is 0 Å². The number of hydrogen-bond acceptors (Lipinski definition) is 7. The van der Waals surface area contributed by atoms with E-state index in [0.717, 1.165) is 11.9 Å². The van der Waals surface area contributed by atoms with Crippen molar-refractivity contribution in [3.05, 3.63) is 47.9 Å². The van der Waals surface area contributed by atoms with Gasteiger partial charge in [-0.15, -0.1) is 0 Å². The predicted molar refractivity (Wildman–Crippen MR) is 98.6 cm³/mol. The summed E-state index contributed by atoms with van der Waals surface area (Å²) in [5, 5.41) is 29.8. The molecule has 2 heterocycles. The second kappa shape index (κ2) is 7.81. The van der Waals surface area contributed by atoms with Gasteiger partial charge in [0, 0.05) is 19.2 Å². The number of methoxy groups -OCH3 is 1. The molecule has 3 N–H and O–H groups in total. The Morgan fingerprint density at radius 1 is 1.29 bits per heavy atom. The van der Waals surface area contributed by atoms with Gasteiger partial charge >= 0.3 is 11.9 Å². The summed E-state index contributed by atoms with van der Waals surface area (Å²) in [5.41, 5.74) is -0.930. The summed E-state index contributed by atoms with van der Waals surface area (Å²) in [5.74, 6) is -1.40. The number of ether oxygens (including phenoxy) is 1. The summed E-state index contributed by atoms with van der Waals surface area (Å²) in [7, 11) is 1.53. The van der Waals surface area contributed by atoms with Crippen LogP contribution in [0.4, 0.5) is 5.82 Å². The third-order valence-electron chi connectivity index (χ3n) is 5.06. The maximum atomic E-state index is 12.3. The maximum absolute atomic E-state index is 12.3. The van der Waals surface area contributed by atoms with E-state index < -0.39 is 23.5 Å². The molecule has 1 saturated heterocycles. The average Bonchev–Trinajstić information content (AvgIpc) is 2.69. The Balaban J connectivity index is 1.94. The molecule has 1 fully saturated rings. The molecule has 0 bridgehead atoms. The molecule has 1 aliphatic rings. The van der Waals surface area contributed by atoms with Crippen LogP contribution < -0.4 is 9.64 Å². The number of aliphatic hydroxyl groups is 1. The number of aromatic carboxylic acids is 1. The molecule has 0 amide bonds. The first-order valence-corrected chi connectivity index (χ1v) is 8.70. The lowest BCUT2D eigenvalue weighted by atomic mass is 9.73. The van der Waals surface area contributed by atoms with Crippen LogP contribution in [0.1, 0.15) is 22.5 Å². The summed E-state index contributed by atoms with van der Waals surface area (Å²) in [6, 6.07) is 8.35. The number of aliphatic carboxylic acids is 1. The second-order valence-corrected chi connectivity index (χ2v) is 6.78. The normalized spacial score (nSPS) is 21.9. The van der Waals surface area contributed by atoms with Crippen LogP contribution in [0, 0.1) is 5.41 Å². The van der Waals surface area contributed by atoms with E-state index in [1.807, 2.05) is 0 Å². The van der Waals surface area contributed by atoms with Crippen LogP contribution in [-0.2, 0) is 11.2 Å². The van der Waals surface area contributed by atoms with E-state index in [1.54, 1.807) is 29.2 Å². The molecular formula is C19H21N3O6. The lowest BCUT2D eigenvalue weighted by Gasteiger charge is -2.44. The van der Waals surface area contributed by atoms with E-state index in [2.05, 4.69) is 9.97 Å². The highest BCUT2D eigenvalue weighted by molar-refractivity contribution is 5.86. The van der Waals surface area contributed by atoms with Gasteiger partial charge in [-0.2, -0.15) is 0 Å². The Hall–Kier alpha value is -3.20. The minimum atomic E-state index is -1.47. The molecule has 0 unspecified atom stereocenters. The van der Waals surface area contributed by atoms with Crippen molar-refractivity contribution in [3.8, 4) is 5.75 Å². The number of aromatic nitrogens is 2. The highest BCUT2D eigenvalue weighted by Crippen LogP contribution is 2.36. The van der Waals surface area contributed by atoms with Gasteiger partial charge in [-0.25, -0.2) is 14.8 Å². The van der Waals surface area contributed by atoms with Gasteiger partial charge in [0.15, 0.2) is 5.69 Å². The van der Waals surface area contributed by atoms with Crippen LogP contribution in [0.2, 0.25) is 0 Å². The molecule has 3 rings (SSSR count). The lowest BCUT2D eigenvalue weighted by molar-refractivity contribution is -0.157. The first-order chi connectivity index (χ1) is 13.4. The third-order valence-corrected chi connectivity index (χ3v) is 5.06. The lowest BCUT2D eigenvalue weighted by Crippen LogP contribution is -2.57. The Bertz CT molecular complexity index is 889. The van der Waals surface area contributed by atoms with Crippen molar-refractivity contribution in [2.45, 2.75) is 18.9 Å². The number of carboxylic acid groups (broad SMARTS) is 2. The Kier molecular flexibility index (Phi) is 5.46. The monoisotopic (exact) mass is 387 g/mol. The minimum absolute atomic E-state index is 0.0171. The fraction of sp³-hybridized carbons (Fsp3) is 0.368. The summed E-state index contributed by atoms with van der Waals surface area (Å²) in [4.78, 5) is 32.9. The molecule has 28 heavy (non-hydrogen) atoms. The van der Waals surface area contributed by atoms with Crippen molar-refractivity contribution >= 4 is 17.8 Å². The SMILES string of the molecule is COc1cccc(C[C@@]2(C(=O)O)CN(c3cc(C(=O)O)ncn3)CC[C@@H]2O)c1. The smallest absolute Gasteiger partial charge is 0.354 e. The van der Waals surface area contributed by atoms with E-state index in [1.165, 1.54) is 13.2 Å². The predicted octanol–water partition coefficient (Wildman–Crippen LogP) is 1.07. The first kappa shape index (κ1) is 19.6. The first-order valence-electron chi connectivity index (χ1n) is 8.70. The van der Waals surface area contributed by atoms with E-state index in [0.29, 0.717) is 18.1 Å². The second-order valence-electron chi connectivity index (χ2n) is 6.78. The maximum Gasteiger partial charge on any atom is 0.354 e. The summed E-state index contributed by atoms with van der Waals surface area (Å²) >= 11 is 0. The number of benzene rings is 1. The number of carbonyl (C=O) groups is 2. The molecule has 9 heteroatoms. The molecule has 2 aromatic rings. The molecule has 9 nitrogen and oxygen atoms in total. The topological polar surface area (TPSA) is 133 Å². The zero-order chi connectivity index (χ0) is 20.3. The molecule has 1 aliphatic heterocycles. The van der Waals surface area contributed by atoms with Crippen LogP contribution in [0.5, 0.6) is 5.75 Å². The van der Waals surface area contributed by atoms with E-state index >= 15 is 0 Å². The molecule has 0 aliphatic carbocycles. The zero-order valence-electron chi connectivity index (χ0n) is 15.3. The summed E-state index contributed by atoms with van der Waals surface area (Å²) in [6.45, 7) is 0.334. The molecule has 148 valence electrons. The van der Waals surface area contributed by atoms with Gasteiger partial charge in [0.05, 0.1) is 13.2 Å². The Labute approximate surface area is 161 Å². The number of nitrogens with zero attached hydrogens (tertiary/aromatic N) is 3. The molecular weight excluding hydrogens is 366 g/mol. The van der Waals surface area contributed by atoms with Gasteiger partial charge in [-0.05, 0) is 30.5 Å². The molecule has 0 saturated carbocycles. The van der Waals surface area contributed by atoms with Crippen LogP contribution in [0.3, 0.4) is 0 Å². The third kappa shape index (κ3) is 3.74. The summed E-state index contributed by atoms with van der Waals surface area (Å²) in [6.07, 6.45) is 0.374. The van der Waals surface area contributed by atoms with Gasteiger partial charge in [-0.1, -0.05) is 12.1 Å². The van der Waals surface area contributed by atoms with Gasteiger partial charge in [0.2, 0.25) is 0 Å². The van der Waals surface area contributed by atoms with Crippen molar-refractivity contribution in [1.82, 2.24) is 9.97 Å². The van der Waals surface area contributed by atoms with Crippen LogP contribution in [-0.4, -0.2) is 63.5 Å². The fourth-order valence-electron chi connectivity index (χ4n) is 3.52. The fourth-order valence-corrected chi connectivity index (χ4v) is 3.52. The standard InChI is InChI=1S/C19H21N3O6/c1-28-13-4-2-3-12(7-13)9-19(18(26)27)10-22(6-5-15(19)23)16-8-14(17(24)25)20-11-21-16/h2-4,7-8,11,15,23H,5-6,9-10H2,1H3,(H,24,25)(H,26,27)/t15-,19+/m0/s1. The van der Waals surface area contributed by atoms with E-state index in [9.17, 15) is 19.8 Å². The van der Waals surface area contributed by atoms with Crippen molar-refractivity contribution in [2.75, 3.05) is 25.1 Å². The van der Waals surface area contributed by atoms with Gasteiger partial charge in [0.25, 0.3) is 0 Å². The molecule has 1 aromatic carbocycles. The average molecular weight is 387 g/mol. The number of aliphatic hydroxyl groups excluding tert-OH is 1. The molecule has 2 atom stereocenters. The quantitative estimate of drug-likeness (QED) is 0.665. The number of piperidine rings is 1. The Morgan fingerprint density at radius 2 is 2.07 bits per heavy atom. The number of carboxylic acids is 2. The van der Waals surface area contributed by atoms with E-state index in [-0.39, 0.29) is 25.1 Å². The minimum Gasteiger partial charge on any atom is -0.497 e. The van der Waals surface area contributed by atoms with Crippen molar-refractivity contribution in [1.29, 1.82) is 0 Å². The molecule has 0 spiro atoms.